The molecule has 80 valence electrons. The van der Waals surface area contributed by atoms with Crippen LogP contribution in [0.15, 0.2) is 18.2 Å². The van der Waals surface area contributed by atoms with Crippen LogP contribution in [0.25, 0.3) is 0 Å². The lowest BCUT2D eigenvalue weighted by Gasteiger charge is -2.29. The second-order valence-corrected chi connectivity index (χ2v) is 4.40. The highest BCUT2D eigenvalue weighted by Crippen LogP contribution is 2.23. The van der Waals surface area contributed by atoms with Crippen molar-refractivity contribution in [3.8, 4) is 0 Å². The summed E-state index contributed by atoms with van der Waals surface area (Å²) in [6.07, 6.45) is 3.29. The maximum Gasteiger partial charge on any atom is 0.100 e. The number of amidine groups is 1. The molecule has 2 nitrogen and oxygen atoms in total. The van der Waals surface area contributed by atoms with E-state index in [1.165, 1.54) is 29.7 Å². The highest BCUT2D eigenvalue weighted by molar-refractivity contribution is 5.96. The first-order valence-electron chi connectivity index (χ1n) is 5.60. The molecule has 0 saturated carbocycles. The molecule has 0 spiro atoms. The summed E-state index contributed by atoms with van der Waals surface area (Å²) < 4.78 is 0. The van der Waals surface area contributed by atoms with Crippen LogP contribution in [0.4, 0.5) is 5.69 Å². The van der Waals surface area contributed by atoms with Gasteiger partial charge in [-0.15, -0.1) is 0 Å². The fourth-order valence-electron chi connectivity index (χ4n) is 2.22. The van der Waals surface area contributed by atoms with Crippen LogP contribution in [0.3, 0.4) is 0 Å². The average Bonchev–Trinajstić information content (AvgIpc) is 2.16. The molecule has 2 heteroatoms. The summed E-state index contributed by atoms with van der Waals surface area (Å²) >= 11 is 0. The van der Waals surface area contributed by atoms with Crippen molar-refractivity contribution in [2.45, 2.75) is 33.1 Å². The molecule has 0 bridgehead atoms. The maximum absolute atomic E-state index is 7.95. The first-order valence-corrected chi connectivity index (χ1v) is 5.60. The zero-order valence-electron chi connectivity index (χ0n) is 9.51. The van der Waals surface area contributed by atoms with E-state index in [0.29, 0.717) is 0 Å². The molecule has 0 amide bonds. The van der Waals surface area contributed by atoms with E-state index in [2.05, 4.69) is 36.9 Å². The van der Waals surface area contributed by atoms with Gasteiger partial charge in [-0.1, -0.05) is 6.07 Å². The number of piperidine rings is 1. The Hall–Kier alpha value is -1.31. The number of hydrogen-bond acceptors (Lipinski definition) is 1. The molecule has 1 aromatic carbocycles. The molecule has 1 fully saturated rings. The van der Waals surface area contributed by atoms with Gasteiger partial charge in [0.2, 0.25) is 0 Å². The maximum atomic E-state index is 7.95. The fraction of sp³-hybridized carbons (Fsp3) is 0.462. The predicted molar refractivity (Wildman–Crippen MR) is 64.8 cm³/mol. The van der Waals surface area contributed by atoms with Gasteiger partial charge in [-0.25, -0.2) is 0 Å². The summed E-state index contributed by atoms with van der Waals surface area (Å²) in [5, 5.41) is 7.95. The molecular formula is C13H18N2. The van der Waals surface area contributed by atoms with Crippen molar-refractivity contribution in [3.63, 3.8) is 0 Å². The van der Waals surface area contributed by atoms with Gasteiger partial charge >= 0.3 is 0 Å². The summed E-state index contributed by atoms with van der Waals surface area (Å²) in [6, 6.07) is 6.52. The summed E-state index contributed by atoms with van der Waals surface area (Å²) in [5.74, 6) is 0.770. The molecular weight excluding hydrogens is 184 g/mol. The second kappa shape index (κ2) is 4.05. The standard InChI is InChI=1S/C13H18N2/c1-10-7-11(2)9-12(8-10)15-6-4-3-5-13(15)14/h7-9,14H,3-6H2,1-2H3. The average molecular weight is 202 g/mol. The molecule has 1 aliphatic rings. The Kier molecular flexibility index (Phi) is 2.76. The lowest BCUT2D eigenvalue weighted by molar-refractivity contribution is 0.707. The van der Waals surface area contributed by atoms with Gasteiger partial charge in [-0.05, 0) is 49.9 Å². The molecule has 1 heterocycles. The van der Waals surface area contributed by atoms with Crippen molar-refractivity contribution in [2.75, 3.05) is 11.4 Å². The van der Waals surface area contributed by atoms with E-state index in [1.807, 2.05) is 0 Å². The summed E-state index contributed by atoms with van der Waals surface area (Å²) in [7, 11) is 0. The number of anilines is 1. The largest absolute Gasteiger partial charge is 0.330 e. The van der Waals surface area contributed by atoms with Crippen molar-refractivity contribution in [1.82, 2.24) is 0 Å². The predicted octanol–water partition coefficient (Wildman–Crippen LogP) is 3.27. The molecule has 0 aromatic heterocycles. The van der Waals surface area contributed by atoms with Crippen LogP contribution in [0.2, 0.25) is 0 Å². The first-order chi connectivity index (χ1) is 7.16. The van der Waals surface area contributed by atoms with Gasteiger partial charge in [0.25, 0.3) is 0 Å². The van der Waals surface area contributed by atoms with E-state index in [9.17, 15) is 0 Å². The highest BCUT2D eigenvalue weighted by atomic mass is 15.2. The smallest absolute Gasteiger partial charge is 0.100 e. The Morgan fingerprint density at radius 3 is 2.33 bits per heavy atom. The third-order valence-electron chi connectivity index (χ3n) is 2.89. The van der Waals surface area contributed by atoms with Crippen molar-refractivity contribution in [3.05, 3.63) is 29.3 Å². The van der Waals surface area contributed by atoms with E-state index >= 15 is 0 Å². The Morgan fingerprint density at radius 1 is 1.07 bits per heavy atom. The van der Waals surface area contributed by atoms with Crippen LogP contribution < -0.4 is 4.90 Å². The van der Waals surface area contributed by atoms with Crippen molar-refractivity contribution < 1.29 is 0 Å². The van der Waals surface area contributed by atoms with Crippen LogP contribution in [0, 0.1) is 19.3 Å². The Labute approximate surface area is 91.4 Å². The lowest BCUT2D eigenvalue weighted by atomic mass is 10.1. The van der Waals surface area contributed by atoms with Crippen LogP contribution in [-0.4, -0.2) is 12.4 Å². The number of nitrogens with zero attached hydrogens (tertiary/aromatic N) is 1. The molecule has 1 aliphatic heterocycles. The van der Waals surface area contributed by atoms with Crippen LogP contribution >= 0.6 is 0 Å². The normalized spacial score (nSPS) is 16.9. The van der Waals surface area contributed by atoms with Crippen molar-refractivity contribution in [2.24, 2.45) is 0 Å². The molecule has 1 N–H and O–H groups in total. The van der Waals surface area contributed by atoms with E-state index in [4.69, 9.17) is 5.41 Å². The topological polar surface area (TPSA) is 27.1 Å². The summed E-state index contributed by atoms with van der Waals surface area (Å²) in [5.41, 5.74) is 3.75. The van der Waals surface area contributed by atoms with Gasteiger partial charge in [-0.2, -0.15) is 0 Å². The number of aryl methyl sites for hydroxylation is 2. The third kappa shape index (κ3) is 2.20. The molecule has 0 atom stereocenters. The van der Waals surface area contributed by atoms with Gasteiger partial charge in [0.15, 0.2) is 0 Å². The number of hydrogen-bond donors (Lipinski definition) is 1. The second-order valence-electron chi connectivity index (χ2n) is 4.40. The molecule has 0 radical (unpaired) electrons. The van der Waals surface area contributed by atoms with E-state index < -0.39 is 0 Å². The first kappa shape index (κ1) is 10.2. The minimum Gasteiger partial charge on any atom is -0.330 e. The van der Waals surface area contributed by atoms with Gasteiger partial charge in [0, 0.05) is 18.7 Å². The number of nitrogens with one attached hydrogen (secondary N) is 1. The zero-order valence-corrected chi connectivity index (χ0v) is 9.51. The Morgan fingerprint density at radius 2 is 1.73 bits per heavy atom. The van der Waals surface area contributed by atoms with Crippen LogP contribution in [0.5, 0.6) is 0 Å². The van der Waals surface area contributed by atoms with E-state index in [0.717, 1.165) is 18.8 Å². The van der Waals surface area contributed by atoms with Gasteiger partial charge in [0.1, 0.15) is 5.84 Å². The minimum absolute atomic E-state index is 0.770. The molecule has 15 heavy (non-hydrogen) atoms. The summed E-state index contributed by atoms with van der Waals surface area (Å²) in [4.78, 5) is 2.14. The fourth-order valence-corrected chi connectivity index (χ4v) is 2.22. The molecule has 1 aromatic rings. The van der Waals surface area contributed by atoms with E-state index in [-0.39, 0.29) is 0 Å². The summed E-state index contributed by atoms with van der Waals surface area (Å²) in [6.45, 7) is 5.23. The van der Waals surface area contributed by atoms with E-state index in [1.54, 1.807) is 0 Å². The molecule has 2 rings (SSSR count). The SMILES string of the molecule is Cc1cc(C)cc(N2CCCCC2=N)c1. The van der Waals surface area contributed by atoms with Gasteiger partial charge in [-0.3, -0.25) is 5.41 Å². The van der Waals surface area contributed by atoms with Gasteiger partial charge < -0.3 is 4.90 Å². The van der Waals surface area contributed by atoms with Crippen molar-refractivity contribution >= 4 is 11.5 Å². The Bertz CT molecular complexity index is 362. The molecule has 1 saturated heterocycles. The van der Waals surface area contributed by atoms with Gasteiger partial charge in [0.05, 0.1) is 0 Å². The Balaban J connectivity index is 2.31. The zero-order chi connectivity index (χ0) is 10.8. The molecule has 0 aliphatic carbocycles. The van der Waals surface area contributed by atoms with Crippen molar-refractivity contribution in [1.29, 1.82) is 5.41 Å². The highest BCUT2D eigenvalue weighted by Gasteiger charge is 2.16. The van der Waals surface area contributed by atoms with Crippen LogP contribution in [-0.2, 0) is 0 Å². The minimum atomic E-state index is 0.770. The lowest BCUT2D eigenvalue weighted by Crippen LogP contribution is -2.34. The number of rotatable bonds is 1. The quantitative estimate of drug-likeness (QED) is 0.743. The number of benzene rings is 1. The molecule has 0 unspecified atom stereocenters. The monoisotopic (exact) mass is 202 g/mol. The third-order valence-corrected chi connectivity index (χ3v) is 2.89. The van der Waals surface area contributed by atoms with Crippen LogP contribution in [0.1, 0.15) is 30.4 Å².